The van der Waals surface area contributed by atoms with E-state index < -0.39 is 203 Å². The van der Waals surface area contributed by atoms with Gasteiger partial charge in [-0.15, -0.1) is 11.8 Å². The van der Waals surface area contributed by atoms with Gasteiger partial charge in [0.05, 0.1) is 36.9 Å². The fraction of sp³-hybridized carbons (Fsp3) is 0.536. The number of nitrogens with zero attached hydrogens (tertiary/aromatic N) is 5. The molecule has 0 bridgehead atoms. The molecular formula is C97H136N20O19S. The van der Waals surface area contributed by atoms with E-state index in [1.165, 1.54) is 78.9 Å². The summed E-state index contributed by atoms with van der Waals surface area (Å²) in [5.41, 5.74) is 26.9. The lowest BCUT2D eigenvalue weighted by molar-refractivity contribution is -0.149. The third kappa shape index (κ3) is 29.1. The summed E-state index contributed by atoms with van der Waals surface area (Å²) in [5, 5.41) is 47.1. The number of amides is 16. The molecule has 14 atom stereocenters. The molecule has 2 saturated heterocycles. The second kappa shape index (κ2) is 50.3. The molecule has 0 spiro atoms. The molecule has 744 valence electrons. The summed E-state index contributed by atoms with van der Waals surface area (Å²) in [6.45, 7) is 12.7. The van der Waals surface area contributed by atoms with Gasteiger partial charge in [0.25, 0.3) is 0 Å². The number of carbonyl (C=O) groups excluding carboxylic acids is 17. The number of aliphatic hydroxyl groups is 1. The number of Topliss-reactive ketones (excluding diaryl/α,β-unsaturated/α-hetero) is 1. The molecule has 2 aromatic heterocycles. The molecular weight excluding hydrogens is 1780 g/mol. The third-order valence-corrected chi connectivity index (χ3v) is 26.5. The standard InChI is InChI=1S/C97H136N20O19S/c1-12-14-29-77(114(10)95(135)79(30-15-13-2)115(11)92(132)74(43-62-49-103-69-28-21-19-26-66(62)69)109-87(127)70(36-37-98)106-85(125)67(99)42-61-48-102-68-27-20-18-25-65(61)68)89(129)107-71(39-54(3)4)88(128)110-76(86(126)104-50-82(101)122)52-137-53-83(123)105-73(41-58-32-34-63(119)35-33-58)91(131)113(9)56(7)84(124)108-75(45-81(100)121)93(133)116-38-22-31-78(116)90(130)112-97(46-59-23-16-17-24-60(59)47-97)96(136)111-72(40-55(5)6)94(134)117-51-64(120)44-80(117)57(8)118/h16-21,23-28,32-35,48-49,54-56,64,67,70-80,102-103,119-120H,12-15,22,29-31,36-47,50-53,98-99H2,1-11H3,(H2,100,121)(H2,101,122)(H,104,126)(H,105,123)(H,106,125)(H,107,129)(H,108,124)(H,109,127)(H,110,128)(H,111,136)(H,112,130)/t56-,64+,67-,70-,71-,72-,73-,74-,75-,76-,77-,78-,79-,80-/m0/s1. The average molecular weight is 1920 g/mol. The molecule has 2 fully saturated rings. The Morgan fingerprint density at radius 2 is 1.07 bits per heavy atom. The molecule has 0 radical (unpaired) electrons. The van der Waals surface area contributed by atoms with Crippen LogP contribution in [0.3, 0.4) is 0 Å². The minimum Gasteiger partial charge on any atom is -0.508 e. The Kier molecular flexibility index (Phi) is 39.6. The van der Waals surface area contributed by atoms with Gasteiger partial charge < -0.3 is 115 Å². The van der Waals surface area contributed by atoms with Gasteiger partial charge in [0.15, 0.2) is 5.78 Å². The van der Waals surface area contributed by atoms with Crippen LogP contribution in [0, 0.1) is 11.8 Å². The number of ketones is 1. The summed E-state index contributed by atoms with van der Waals surface area (Å²) in [6.07, 6.45) is 4.05. The number of phenols is 1. The zero-order valence-corrected chi connectivity index (χ0v) is 80.7. The molecule has 0 unspecified atom stereocenters. The minimum absolute atomic E-state index is 0.0234. The summed E-state index contributed by atoms with van der Waals surface area (Å²) in [7, 11) is 4.10. The number of thioether (sulfide) groups is 1. The Balaban J connectivity index is 0.869. The number of hydrogen-bond acceptors (Lipinski definition) is 22. The number of aromatic hydroxyl groups is 1. The van der Waals surface area contributed by atoms with E-state index in [1.54, 1.807) is 50.5 Å². The van der Waals surface area contributed by atoms with Crippen LogP contribution in [0.15, 0.2) is 109 Å². The van der Waals surface area contributed by atoms with Crippen LogP contribution in [0.1, 0.15) is 167 Å². The number of benzene rings is 4. The van der Waals surface area contributed by atoms with Crippen molar-refractivity contribution in [1.82, 2.24) is 82.3 Å². The van der Waals surface area contributed by atoms with Crippen molar-refractivity contribution in [2.24, 2.45) is 34.8 Å². The number of phenolic OH excluding ortho intramolecular Hbond substituents is 1. The molecule has 40 heteroatoms. The second-order valence-electron chi connectivity index (χ2n) is 37.0. The lowest BCUT2D eigenvalue weighted by Crippen LogP contribution is -2.65. The highest BCUT2D eigenvalue weighted by Gasteiger charge is 2.51. The van der Waals surface area contributed by atoms with Crippen LogP contribution in [0.5, 0.6) is 5.75 Å². The van der Waals surface area contributed by atoms with Crippen LogP contribution in [-0.2, 0) is 114 Å². The van der Waals surface area contributed by atoms with Crippen molar-refractivity contribution in [2.45, 2.75) is 261 Å². The van der Waals surface area contributed by atoms with E-state index in [0.717, 1.165) is 55.2 Å². The number of nitrogens with one attached hydrogen (secondary N) is 11. The van der Waals surface area contributed by atoms with Gasteiger partial charge in [-0.25, -0.2) is 0 Å². The number of rotatable bonds is 51. The van der Waals surface area contributed by atoms with E-state index in [2.05, 4.69) is 57.8 Å². The van der Waals surface area contributed by atoms with Crippen LogP contribution in [0.4, 0.5) is 0 Å². The molecule has 137 heavy (non-hydrogen) atoms. The van der Waals surface area contributed by atoms with E-state index in [1.807, 2.05) is 76.2 Å². The molecule has 1 aliphatic carbocycles. The normalized spacial score (nSPS) is 17.4. The zero-order valence-electron chi connectivity index (χ0n) is 79.9. The van der Waals surface area contributed by atoms with E-state index in [4.69, 9.17) is 22.9 Å². The number of carbonyl (C=O) groups is 17. The highest BCUT2D eigenvalue weighted by atomic mass is 32.2. The monoisotopic (exact) mass is 1920 g/mol. The summed E-state index contributed by atoms with van der Waals surface area (Å²) in [5.74, 6) is -14.7. The van der Waals surface area contributed by atoms with Gasteiger partial charge in [0, 0.05) is 106 Å². The predicted molar refractivity (Wildman–Crippen MR) is 514 cm³/mol. The van der Waals surface area contributed by atoms with Gasteiger partial charge in [-0.3, -0.25) is 81.5 Å². The van der Waals surface area contributed by atoms with Crippen LogP contribution in [-0.4, -0.2) is 294 Å². The number of unbranched alkanes of at least 4 members (excludes halogenated alkanes) is 2. The van der Waals surface area contributed by atoms with Gasteiger partial charge in [0.2, 0.25) is 94.5 Å². The van der Waals surface area contributed by atoms with Crippen LogP contribution in [0.25, 0.3) is 21.8 Å². The number of fused-ring (bicyclic) bond motifs is 3. The first-order valence-electron chi connectivity index (χ1n) is 46.9. The quantitative estimate of drug-likeness (QED) is 0.0251. The SMILES string of the molecule is CCCC[C@@H](C(=O)N(C)[C@@H](CCCC)C(=O)N[C@@H](CC(C)C)C(=O)N[C@@H](CSCC(=O)N[C@@H](Cc1ccc(O)cc1)C(=O)N(C)[C@@H](C)C(=O)N[C@@H](CC(N)=O)C(=O)N1CCC[C@H]1C(=O)NC1(C(=O)N[C@@H](CC(C)C)C(=O)N2C[C@H](O)C[C@H]2C(C)=O)Cc2ccccc2C1)C(=O)NCC(N)=O)N(C)C(=O)[C@H](Cc1c[nH]c2ccccc12)NC(=O)[C@H](CCN)NC(=O)[C@@H](N)Cc1c[nH]c2ccccc12. The number of β-amino-alcohol motifs (C(OH)–C–C–N with tert-alkyl or cyclic N) is 1. The topological polar surface area (TPSA) is 591 Å². The zero-order chi connectivity index (χ0) is 100. The van der Waals surface area contributed by atoms with E-state index in [-0.39, 0.29) is 132 Å². The van der Waals surface area contributed by atoms with Crippen LogP contribution in [0.2, 0.25) is 0 Å². The van der Waals surface area contributed by atoms with Crippen LogP contribution >= 0.6 is 11.8 Å². The molecule has 39 nitrogen and oxygen atoms in total. The fourth-order valence-corrected chi connectivity index (χ4v) is 18.7. The highest BCUT2D eigenvalue weighted by Crippen LogP contribution is 2.34. The predicted octanol–water partition coefficient (Wildman–Crippen LogP) is 0.832. The number of aromatic amines is 2. The molecule has 16 amide bonds. The van der Waals surface area contributed by atoms with Crippen molar-refractivity contribution < 1.29 is 91.7 Å². The Morgan fingerprint density at radius 1 is 0.547 bits per heavy atom. The number of H-pyrrole nitrogens is 2. The van der Waals surface area contributed by atoms with Gasteiger partial charge in [-0.1, -0.05) is 140 Å². The molecule has 3 aliphatic rings. The number of aromatic nitrogens is 2. The van der Waals surface area contributed by atoms with Crippen molar-refractivity contribution in [3.8, 4) is 5.75 Å². The van der Waals surface area contributed by atoms with Gasteiger partial charge in [-0.2, -0.15) is 0 Å². The fourth-order valence-electron chi connectivity index (χ4n) is 17.9. The Bertz CT molecular complexity index is 5290. The van der Waals surface area contributed by atoms with Crippen molar-refractivity contribution in [2.75, 3.05) is 58.8 Å². The third-order valence-electron chi connectivity index (χ3n) is 25.5. The highest BCUT2D eigenvalue weighted by molar-refractivity contribution is 8.00. The summed E-state index contributed by atoms with van der Waals surface area (Å²) >= 11 is 0.806. The van der Waals surface area contributed by atoms with E-state index in [0.29, 0.717) is 36.8 Å². The van der Waals surface area contributed by atoms with E-state index in [9.17, 15) is 72.5 Å². The Hall–Kier alpha value is -12.8. The maximum atomic E-state index is 15.4. The van der Waals surface area contributed by atoms with Crippen molar-refractivity contribution in [3.63, 3.8) is 0 Å². The lowest BCUT2D eigenvalue weighted by atomic mass is 9.92. The number of nitrogens with two attached hydrogens (primary N) is 4. The van der Waals surface area contributed by atoms with Gasteiger partial charge in [0.1, 0.15) is 77.7 Å². The first kappa shape index (κ1) is 108. The Labute approximate surface area is 801 Å². The first-order chi connectivity index (χ1) is 65.1. The number of primary amides is 2. The second-order valence-corrected chi connectivity index (χ2v) is 38.0. The average Bonchev–Trinajstić information content (AvgIpc) is 1.62. The molecule has 0 saturated carbocycles. The first-order valence-corrected chi connectivity index (χ1v) is 48.1. The van der Waals surface area contributed by atoms with Crippen molar-refractivity contribution in [1.29, 1.82) is 0 Å². The number of likely N-dealkylation sites (tertiary alicyclic amines) is 2. The van der Waals surface area contributed by atoms with Crippen LogP contribution < -0.4 is 70.8 Å². The molecule has 21 N–H and O–H groups in total. The van der Waals surface area contributed by atoms with Crippen molar-refractivity contribution >= 4 is 134 Å². The number of likely N-dealkylation sites (N-methyl/N-ethyl adjacent to an activating group) is 3. The number of hydrogen-bond donors (Lipinski definition) is 17. The molecule has 2 aliphatic heterocycles. The smallest absolute Gasteiger partial charge is 0.247 e. The summed E-state index contributed by atoms with van der Waals surface area (Å²) < 4.78 is 0. The minimum atomic E-state index is -1.72. The van der Waals surface area contributed by atoms with Gasteiger partial charge in [-0.05, 0) is 136 Å². The molecule has 4 heterocycles. The Morgan fingerprint density at radius 3 is 1.66 bits per heavy atom. The largest absolute Gasteiger partial charge is 0.508 e. The van der Waals surface area contributed by atoms with Crippen molar-refractivity contribution in [3.05, 3.63) is 137 Å². The molecule has 9 rings (SSSR count). The summed E-state index contributed by atoms with van der Waals surface area (Å²) in [4.78, 5) is 257. The number of para-hydroxylation sites is 2. The lowest BCUT2D eigenvalue weighted by Gasteiger charge is -2.36. The molecule has 6 aromatic rings. The van der Waals surface area contributed by atoms with Gasteiger partial charge >= 0.3 is 0 Å². The molecule has 4 aromatic carbocycles. The maximum Gasteiger partial charge on any atom is 0.247 e. The summed E-state index contributed by atoms with van der Waals surface area (Å²) in [6, 6.07) is 10.4. The number of aliphatic hydroxyl groups excluding tert-OH is 1. The maximum absolute atomic E-state index is 15.4. The van der Waals surface area contributed by atoms with E-state index >= 15 is 19.2 Å².